The maximum Gasteiger partial charge on any atom is 0.229 e. The molecule has 0 aliphatic rings. The monoisotopic (exact) mass is 220 g/mol. The van der Waals surface area contributed by atoms with E-state index in [4.69, 9.17) is 0 Å². The number of benzene rings is 1. The normalized spacial score (nSPS) is 10.7. The fourth-order valence-corrected chi connectivity index (χ4v) is 1.07. The van der Waals surface area contributed by atoms with Crippen LogP contribution in [-0.4, -0.2) is 12.3 Å². The first-order valence-electron chi connectivity index (χ1n) is 5.05. The summed E-state index contributed by atoms with van der Waals surface area (Å²) in [6.45, 7) is 5.53. The topological polar surface area (TPSA) is 58.2 Å². The van der Waals surface area contributed by atoms with Crippen molar-refractivity contribution in [2.45, 2.75) is 20.8 Å². The van der Waals surface area contributed by atoms with Crippen LogP contribution in [0.1, 0.15) is 20.8 Å². The number of amides is 2. The minimum absolute atomic E-state index is 0.0595. The van der Waals surface area contributed by atoms with Gasteiger partial charge in [0.2, 0.25) is 12.3 Å². The minimum Gasteiger partial charge on any atom is -0.329 e. The van der Waals surface area contributed by atoms with Gasteiger partial charge in [-0.2, -0.15) is 0 Å². The maximum absolute atomic E-state index is 11.7. The zero-order valence-corrected chi connectivity index (χ0v) is 9.70. The molecule has 0 aromatic heterocycles. The summed E-state index contributed by atoms with van der Waals surface area (Å²) in [7, 11) is 0. The van der Waals surface area contributed by atoms with E-state index < -0.39 is 5.41 Å². The number of hydrogen-bond acceptors (Lipinski definition) is 2. The van der Waals surface area contributed by atoms with Crippen LogP contribution in [0.3, 0.4) is 0 Å². The molecule has 1 rings (SSSR count). The van der Waals surface area contributed by atoms with Crippen LogP contribution in [0.15, 0.2) is 24.3 Å². The van der Waals surface area contributed by atoms with E-state index in [1.807, 2.05) is 20.8 Å². The van der Waals surface area contributed by atoms with Gasteiger partial charge in [0, 0.05) is 16.8 Å². The Kier molecular flexibility index (Phi) is 3.66. The van der Waals surface area contributed by atoms with Crippen molar-refractivity contribution in [3.63, 3.8) is 0 Å². The summed E-state index contributed by atoms with van der Waals surface area (Å²) in [6.07, 6.45) is 0.602. The third-order valence-corrected chi connectivity index (χ3v) is 2.03. The third kappa shape index (κ3) is 3.38. The fraction of sp³-hybridized carbons (Fsp3) is 0.333. The van der Waals surface area contributed by atoms with Crippen LogP contribution in [-0.2, 0) is 9.59 Å². The molecule has 4 nitrogen and oxygen atoms in total. The molecule has 1 aromatic rings. The maximum atomic E-state index is 11.7. The van der Waals surface area contributed by atoms with Gasteiger partial charge in [0.25, 0.3) is 0 Å². The molecule has 0 saturated heterocycles. The molecule has 0 fully saturated rings. The van der Waals surface area contributed by atoms with Gasteiger partial charge < -0.3 is 10.6 Å². The van der Waals surface area contributed by atoms with E-state index in [-0.39, 0.29) is 5.91 Å². The molecule has 0 aliphatic heterocycles. The molecule has 0 bridgehead atoms. The first kappa shape index (κ1) is 12.2. The number of carbonyl (C=O) groups is 2. The van der Waals surface area contributed by atoms with Gasteiger partial charge >= 0.3 is 0 Å². The van der Waals surface area contributed by atoms with Gasteiger partial charge in [0.05, 0.1) is 0 Å². The fourth-order valence-electron chi connectivity index (χ4n) is 1.07. The summed E-state index contributed by atoms with van der Waals surface area (Å²) >= 11 is 0. The van der Waals surface area contributed by atoms with Crippen LogP contribution in [0.2, 0.25) is 0 Å². The highest BCUT2D eigenvalue weighted by Crippen LogP contribution is 2.19. The zero-order chi connectivity index (χ0) is 12.2. The van der Waals surface area contributed by atoms with Gasteiger partial charge in [-0.15, -0.1) is 0 Å². The SMILES string of the molecule is CC(C)(C)C(=O)Nc1cccc(NC=O)c1. The highest BCUT2D eigenvalue weighted by atomic mass is 16.2. The minimum atomic E-state index is -0.436. The van der Waals surface area contributed by atoms with E-state index in [1.165, 1.54) is 0 Å². The molecule has 0 heterocycles. The van der Waals surface area contributed by atoms with Crippen molar-refractivity contribution in [1.82, 2.24) is 0 Å². The molecule has 0 saturated carbocycles. The molecule has 2 N–H and O–H groups in total. The summed E-state index contributed by atoms with van der Waals surface area (Å²) in [4.78, 5) is 22.0. The molecule has 0 spiro atoms. The van der Waals surface area contributed by atoms with Crippen molar-refractivity contribution in [3.05, 3.63) is 24.3 Å². The molecule has 0 unspecified atom stereocenters. The second kappa shape index (κ2) is 4.79. The Morgan fingerprint density at radius 3 is 2.44 bits per heavy atom. The van der Waals surface area contributed by atoms with E-state index >= 15 is 0 Å². The highest BCUT2D eigenvalue weighted by Gasteiger charge is 2.20. The van der Waals surface area contributed by atoms with Crippen molar-refractivity contribution in [2.24, 2.45) is 5.41 Å². The third-order valence-electron chi connectivity index (χ3n) is 2.03. The Labute approximate surface area is 95.0 Å². The molecule has 16 heavy (non-hydrogen) atoms. The summed E-state index contributed by atoms with van der Waals surface area (Å²) in [6, 6.07) is 7.00. The van der Waals surface area contributed by atoms with E-state index in [9.17, 15) is 9.59 Å². The largest absolute Gasteiger partial charge is 0.329 e. The van der Waals surface area contributed by atoms with E-state index in [0.717, 1.165) is 0 Å². The second-order valence-corrected chi connectivity index (χ2v) is 4.55. The smallest absolute Gasteiger partial charge is 0.229 e. The molecule has 0 atom stereocenters. The average molecular weight is 220 g/mol. The first-order chi connectivity index (χ1) is 7.43. The van der Waals surface area contributed by atoms with Crippen molar-refractivity contribution in [3.8, 4) is 0 Å². The number of carbonyl (C=O) groups excluding carboxylic acids is 2. The van der Waals surface area contributed by atoms with Gasteiger partial charge in [-0.25, -0.2) is 0 Å². The van der Waals surface area contributed by atoms with Crippen LogP contribution in [0, 0.1) is 5.41 Å². The van der Waals surface area contributed by atoms with Gasteiger partial charge in [-0.1, -0.05) is 26.8 Å². The molecule has 0 aliphatic carbocycles. The lowest BCUT2D eigenvalue weighted by atomic mass is 9.95. The molecule has 2 amide bonds. The van der Waals surface area contributed by atoms with Crippen molar-refractivity contribution in [2.75, 3.05) is 10.6 Å². The van der Waals surface area contributed by atoms with Gasteiger partial charge in [-0.3, -0.25) is 9.59 Å². The van der Waals surface area contributed by atoms with Gasteiger partial charge in [0.15, 0.2) is 0 Å². The van der Waals surface area contributed by atoms with Crippen molar-refractivity contribution >= 4 is 23.7 Å². The summed E-state index contributed by atoms with van der Waals surface area (Å²) in [5, 5.41) is 5.31. The van der Waals surface area contributed by atoms with Crippen LogP contribution < -0.4 is 10.6 Å². The van der Waals surface area contributed by atoms with Crippen LogP contribution in [0.4, 0.5) is 11.4 Å². The number of nitrogens with one attached hydrogen (secondary N) is 2. The zero-order valence-electron chi connectivity index (χ0n) is 9.70. The highest BCUT2D eigenvalue weighted by molar-refractivity contribution is 5.95. The quantitative estimate of drug-likeness (QED) is 0.767. The van der Waals surface area contributed by atoms with E-state index in [0.29, 0.717) is 17.8 Å². The summed E-state index contributed by atoms with van der Waals surface area (Å²) in [5.41, 5.74) is 0.891. The lowest BCUT2D eigenvalue weighted by Crippen LogP contribution is -2.27. The summed E-state index contributed by atoms with van der Waals surface area (Å²) in [5.74, 6) is -0.0595. The predicted octanol–water partition coefficient (Wildman–Crippen LogP) is 2.24. The van der Waals surface area contributed by atoms with Crippen molar-refractivity contribution < 1.29 is 9.59 Å². The predicted molar refractivity (Wildman–Crippen MR) is 64.2 cm³/mol. The Hall–Kier alpha value is -1.84. The number of rotatable bonds is 3. The molecule has 4 heteroatoms. The van der Waals surface area contributed by atoms with Crippen LogP contribution in [0.25, 0.3) is 0 Å². The standard InChI is InChI=1S/C12H16N2O2/c1-12(2,3)11(16)14-10-6-4-5-9(7-10)13-8-15/h4-8H,1-3H3,(H,13,15)(H,14,16). The van der Waals surface area contributed by atoms with Gasteiger partial charge in [-0.05, 0) is 18.2 Å². The Balaban J connectivity index is 2.78. The van der Waals surface area contributed by atoms with E-state index in [2.05, 4.69) is 10.6 Å². The first-order valence-corrected chi connectivity index (χ1v) is 5.05. The van der Waals surface area contributed by atoms with Gasteiger partial charge in [0.1, 0.15) is 0 Å². The Bertz CT molecular complexity index is 394. The average Bonchev–Trinajstić information content (AvgIpc) is 2.17. The van der Waals surface area contributed by atoms with Crippen LogP contribution in [0.5, 0.6) is 0 Å². The lowest BCUT2D eigenvalue weighted by Gasteiger charge is -2.17. The molecule has 86 valence electrons. The summed E-state index contributed by atoms with van der Waals surface area (Å²) < 4.78 is 0. The Morgan fingerprint density at radius 1 is 1.25 bits per heavy atom. The van der Waals surface area contributed by atoms with Crippen LogP contribution >= 0.6 is 0 Å². The number of anilines is 2. The second-order valence-electron chi connectivity index (χ2n) is 4.55. The Morgan fingerprint density at radius 2 is 1.88 bits per heavy atom. The van der Waals surface area contributed by atoms with E-state index in [1.54, 1.807) is 24.3 Å². The van der Waals surface area contributed by atoms with Crippen molar-refractivity contribution in [1.29, 1.82) is 0 Å². The molecule has 0 radical (unpaired) electrons. The molecular weight excluding hydrogens is 204 g/mol. The molecule has 1 aromatic carbocycles. The number of hydrogen-bond donors (Lipinski definition) is 2. The molecular formula is C12H16N2O2. The lowest BCUT2D eigenvalue weighted by molar-refractivity contribution is -0.123.